The molecule has 0 aromatic heterocycles. The van der Waals surface area contributed by atoms with E-state index in [2.05, 4.69) is 5.32 Å². The number of rotatable bonds is 4. The third-order valence-electron chi connectivity index (χ3n) is 5.34. The average Bonchev–Trinajstić information content (AvgIpc) is 2.90. The second-order valence-corrected chi connectivity index (χ2v) is 7.50. The third kappa shape index (κ3) is 4.19. The van der Waals surface area contributed by atoms with E-state index in [1.165, 1.54) is 0 Å². The van der Waals surface area contributed by atoms with E-state index >= 15 is 0 Å². The summed E-state index contributed by atoms with van der Waals surface area (Å²) in [6.07, 6.45) is -0.237. The summed E-state index contributed by atoms with van der Waals surface area (Å²) in [7, 11) is 1.76. The molecule has 0 saturated heterocycles. The van der Waals surface area contributed by atoms with Crippen LogP contribution in [0, 0.1) is 0 Å². The van der Waals surface area contributed by atoms with Gasteiger partial charge >= 0.3 is 0 Å². The maximum absolute atomic E-state index is 13.0. The van der Waals surface area contributed by atoms with Crippen molar-refractivity contribution in [3.63, 3.8) is 0 Å². The summed E-state index contributed by atoms with van der Waals surface area (Å²) in [5.41, 5.74) is 1.81. The Hall–Kier alpha value is -3.06. The maximum atomic E-state index is 13.0. The molecular weight excluding hydrogens is 370 g/mol. The fourth-order valence-corrected chi connectivity index (χ4v) is 3.73. The molecule has 2 aliphatic rings. The van der Waals surface area contributed by atoms with E-state index < -0.39 is 6.04 Å². The number of anilines is 1. The van der Waals surface area contributed by atoms with Gasteiger partial charge in [0, 0.05) is 19.3 Å². The number of benzene rings is 2. The summed E-state index contributed by atoms with van der Waals surface area (Å²) >= 11 is 0. The fraction of sp³-hybridized carbons (Fsp3) is 0.364. The molecule has 0 aliphatic carbocycles. The highest BCUT2D eigenvalue weighted by molar-refractivity contribution is 5.94. The topological polar surface area (TPSA) is 71.1 Å². The SMILES string of the molecule is CC(C(=O)N(C)CC1COc2ccccc2O1)N1CC(=O)Nc2ccccc2C1. The minimum absolute atomic E-state index is 0.0559. The van der Waals surface area contributed by atoms with E-state index in [9.17, 15) is 9.59 Å². The smallest absolute Gasteiger partial charge is 0.239 e. The van der Waals surface area contributed by atoms with Crippen molar-refractivity contribution < 1.29 is 19.1 Å². The Morgan fingerprint density at radius 2 is 1.90 bits per heavy atom. The van der Waals surface area contributed by atoms with Gasteiger partial charge in [-0.3, -0.25) is 14.5 Å². The van der Waals surface area contributed by atoms with Crippen molar-refractivity contribution in [3.8, 4) is 11.5 Å². The number of ether oxygens (including phenoxy) is 2. The summed E-state index contributed by atoms with van der Waals surface area (Å²) in [6.45, 7) is 3.35. The van der Waals surface area contributed by atoms with Crippen LogP contribution < -0.4 is 14.8 Å². The molecular formula is C22H25N3O4. The van der Waals surface area contributed by atoms with E-state index in [1.807, 2.05) is 60.4 Å². The summed E-state index contributed by atoms with van der Waals surface area (Å²) in [4.78, 5) is 28.9. The van der Waals surface area contributed by atoms with E-state index in [4.69, 9.17) is 9.47 Å². The van der Waals surface area contributed by atoms with Crippen molar-refractivity contribution in [1.29, 1.82) is 0 Å². The van der Waals surface area contributed by atoms with Crippen LogP contribution in [-0.2, 0) is 16.1 Å². The minimum atomic E-state index is -0.436. The number of likely N-dealkylation sites (N-methyl/N-ethyl adjacent to an activating group) is 1. The van der Waals surface area contributed by atoms with Crippen LogP contribution in [0.5, 0.6) is 11.5 Å². The standard InChI is InChI=1S/C22H25N3O4/c1-15(25-11-16-7-3-4-8-18(16)23-21(26)13-25)22(27)24(2)12-17-14-28-19-9-5-6-10-20(19)29-17/h3-10,15,17H,11-14H2,1-2H3,(H,23,26). The molecule has 1 N–H and O–H groups in total. The van der Waals surface area contributed by atoms with E-state index in [0.717, 1.165) is 17.0 Å². The largest absolute Gasteiger partial charge is 0.486 e. The van der Waals surface area contributed by atoms with Crippen molar-refractivity contribution in [2.75, 3.05) is 32.1 Å². The lowest BCUT2D eigenvalue weighted by Gasteiger charge is -2.33. The second-order valence-electron chi connectivity index (χ2n) is 7.50. The Labute approximate surface area is 170 Å². The molecule has 4 rings (SSSR count). The lowest BCUT2D eigenvalue weighted by molar-refractivity contribution is -0.137. The van der Waals surface area contributed by atoms with Crippen molar-refractivity contribution >= 4 is 17.5 Å². The Morgan fingerprint density at radius 1 is 1.17 bits per heavy atom. The van der Waals surface area contributed by atoms with Crippen LogP contribution in [-0.4, -0.2) is 60.5 Å². The average molecular weight is 395 g/mol. The van der Waals surface area contributed by atoms with Gasteiger partial charge in [-0.1, -0.05) is 30.3 Å². The zero-order chi connectivity index (χ0) is 20.4. The first kappa shape index (κ1) is 19.3. The van der Waals surface area contributed by atoms with Crippen LogP contribution in [0.4, 0.5) is 5.69 Å². The normalized spacial score (nSPS) is 19.5. The third-order valence-corrected chi connectivity index (χ3v) is 5.34. The van der Waals surface area contributed by atoms with Gasteiger partial charge in [0.15, 0.2) is 17.6 Å². The minimum Gasteiger partial charge on any atom is -0.486 e. The maximum Gasteiger partial charge on any atom is 0.239 e. The number of nitrogens with zero attached hydrogens (tertiary/aromatic N) is 2. The molecule has 0 spiro atoms. The molecule has 0 saturated carbocycles. The van der Waals surface area contributed by atoms with Crippen LogP contribution in [0.3, 0.4) is 0 Å². The van der Waals surface area contributed by atoms with Crippen LogP contribution in [0.1, 0.15) is 12.5 Å². The molecule has 0 fully saturated rings. The molecule has 2 atom stereocenters. The highest BCUT2D eigenvalue weighted by Crippen LogP contribution is 2.31. The summed E-state index contributed by atoms with van der Waals surface area (Å²) in [6, 6.07) is 14.8. The van der Waals surface area contributed by atoms with E-state index in [-0.39, 0.29) is 24.5 Å². The van der Waals surface area contributed by atoms with Gasteiger partial charge in [0.2, 0.25) is 11.8 Å². The van der Waals surface area contributed by atoms with Crippen molar-refractivity contribution in [2.45, 2.75) is 25.6 Å². The number of carbonyl (C=O) groups excluding carboxylic acids is 2. The summed E-state index contributed by atoms with van der Waals surface area (Å²) < 4.78 is 11.7. The van der Waals surface area contributed by atoms with Gasteiger partial charge in [-0.15, -0.1) is 0 Å². The molecule has 2 heterocycles. The van der Waals surface area contributed by atoms with Crippen LogP contribution in [0.15, 0.2) is 48.5 Å². The molecule has 0 radical (unpaired) electrons. The van der Waals surface area contributed by atoms with Gasteiger partial charge < -0.3 is 19.7 Å². The number of hydrogen-bond acceptors (Lipinski definition) is 5. The Kier molecular flexibility index (Phi) is 5.40. The number of amides is 2. The summed E-state index contributed by atoms with van der Waals surface area (Å²) in [5, 5.41) is 2.91. The molecule has 7 nitrogen and oxygen atoms in total. The Morgan fingerprint density at radius 3 is 2.72 bits per heavy atom. The Balaban J connectivity index is 1.40. The van der Waals surface area contributed by atoms with Gasteiger partial charge in [-0.05, 0) is 30.7 Å². The van der Waals surface area contributed by atoms with Crippen molar-refractivity contribution in [3.05, 3.63) is 54.1 Å². The van der Waals surface area contributed by atoms with Gasteiger partial charge in [0.1, 0.15) is 6.61 Å². The number of hydrogen-bond donors (Lipinski definition) is 1. The lowest BCUT2D eigenvalue weighted by Crippen LogP contribution is -2.50. The van der Waals surface area contributed by atoms with E-state index in [0.29, 0.717) is 25.4 Å². The predicted molar refractivity (Wildman–Crippen MR) is 109 cm³/mol. The van der Waals surface area contributed by atoms with Crippen molar-refractivity contribution in [1.82, 2.24) is 9.80 Å². The number of fused-ring (bicyclic) bond motifs is 2. The van der Waals surface area contributed by atoms with Crippen LogP contribution >= 0.6 is 0 Å². The summed E-state index contributed by atoms with van der Waals surface area (Å²) in [5.74, 6) is 1.25. The molecule has 29 heavy (non-hydrogen) atoms. The molecule has 0 bridgehead atoms. The van der Waals surface area contributed by atoms with E-state index in [1.54, 1.807) is 11.9 Å². The molecule has 2 amide bonds. The van der Waals surface area contributed by atoms with Crippen LogP contribution in [0.25, 0.3) is 0 Å². The molecule has 2 unspecified atom stereocenters. The fourth-order valence-electron chi connectivity index (χ4n) is 3.73. The van der Waals surface area contributed by atoms with Crippen LogP contribution in [0.2, 0.25) is 0 Å². The molecule has 2 aliphatic heterocycles. The zero-order valence-corrected chi connectivity index (χ0v) is 16.6. The molecule has 7 heteroatoms. The number of carbonyl (C=O) groups is 2. The highest BCUT2D eigenvalue weighted by atomic mass is 16.6. The quantitative estimate of drug-likeness (QED) is 0.859. The predicted octanol–water partition coefficient (Wildman–Crippen LogP) is 2.13. The first-order chi connectivity index (χ1) is 14.0. The lowest BCUT2D eigenvalue weighted by atomic mass is 10.1. The van der Waals surface area contributed by atoms with Gasteiger partial charge in [0.25, 0.3) is 0 Å². The number of nitrogens with one attached hydrogen (secondary N) is 1. The highest BCUT2D eigenvalue weighted by Gasteiger charge is 2.31. The van der Waals surface area contributed by atoms with Crippen molar-refractivity contribution in [2.24, 2.45) is 0 Å². The first-order valence-electron chi connectivity index (χ1n) is 9.76. The molecule has 152 valence electrons. The Bertz CT molecular complexity index is 916. The first-order valence-corrected chi connectivity index (χ1v) is 9.76. The van der Waals surface area contributed by atoms with Gasteiger partial charge in [0.05, 0.1) is 19.1 Å². The second kappa shape index (κ2) is 8.13. The molecule has 2 aromatic rings. The zero-order valence-electron chi connectivity index (χ0n) is 16.6. The molecule has 2 aromatic carbocycles. The van der Waals surface area contributed by atoms with Gasteiger partial charge in [-0.25, -0.2) is 0 Å². The monoisotopic (exact) mass is 395 g/mol. The van der Waals surface area contributed by atoms with Gasteiger partial charge in [-0.2, -0.15) is 0 Å². The number of para-hydroxylation sites is 3.